The van der Waals surface area contributed by atoms with Crippen molar-refractivity contribution in [2.75, 3.05) is 0 Å². The number of nitrogens with zero attached hydrogens (tertiary/aromatic N) is 2. The van der Waals surface area contributed by atoms with Crippen LogP contribution >= 0.6 is 0 Å². The van der Waals surface area contributed by atoms with Crippen molar-refractivity contribution in [3.63, 3.8) is 0 Å². The summed E-state index contributed by atoms with van der Waals surface area (Å²) in [4.78, 5) is 36.3. The number of non-ortho nitro benzene ring substituents is 1. The first-order valence-electron chi connectivity index (χ1n) is 8.41. The van der Waals surface area contributed by atoms with Crippen LogP contribution < -0.4 is 0 Å². The molecule has 1 aliphatic rings. The predicted molar refractivity (Wildman–Crippen MR) is 94.6 cm³/mol. The lowest BCUT2D eigenvalue weighted by molar-refractivity contribution is -0.384. The monoisotopic (exact) mass is 370 g/mol. The molecule has 1 heterocycles. The van der Waals surface area contributed by atoms with Crippen molar-refractivity contribution in [1.82, 2.24) is 4.90 Å². The van der Waals surface area contributed by atoms with Crippen LogP contribution in [0, 0.1) is 10.1 Å². The largest absolute Gasteiger partial charge is 0.508 e. The number of aromatic hydroxyl groups is 1. The number of likely N-dealkylation sites (tertiary alicyclic amines) is 1. The van der Waals surface area contributed by atoms with Crippen molar-refractivity contribution in [2.45, 2.75) is 32.0 Å². The summed E-state index contributed by atoms with van der Waals surface area (Å²) >= 11 is 0. The van der Waals surface area contributed by atoms with Gasteiger partial charge in [0.15, 0.2) is 0 Å². The normalized spacial score (nSPS) is 16.4. The van der Waals surface area contributed by atoms with Gasteiger partial charge in [-0.05, 0) is 29.7 Å². The Morgan fingerprint density at radius 1 is 1.15 bits per heavy atom. The van der Waals surface area contributed by atoms with Gasteiger partial charge in [-0.1, -0.05) is 24.3 Å². The van der Waals surface area contributed by atoms with E-state index in [-0.39, 0.29) is 36.9 Å². The van der Waals surface area contributed by atoms with Crippen molar-refractivity contribution < 1.29 is 24.4 Å². The zero-order chi connectivity index (χ0) is 19.4. The van der Waals surface area contributed by atoms with Crippen molar-refractivity contribution in [3.8, 4) is 5.75 Å². The summed E-state index contributed by atoms with van der Waals surface area (Å²) in [7, 11) is 0. The van der Waals surface area contributed by atoms with Gasteiger partial charge in [0.2, 0.25) is 5.91 Å². The molecule has 1 aliphatic heterocycles. The second-order valence-electron chi connectivity index (χ2n) is 6.27. The number of carbonyl (C=O) groups is 2. The zero-order valence-electron chi connectivity index (χ0n) is 14.4. The summed E-state index contributed by atoms with van der Waals surface area (Å²) in [6.45, 7) is 0.241. The molecule has 2 aromatic rings. The quantitative estimate of drug-likeness (QED) is 0.475. The Balaban J connectivity index is 1.63. The molecule has 0 bridgehead atoms. The molecule has 1 atom stereocenters. The Hall–Kier alpha value is -3.42. The molecule has 0 unspecified atom stereocenters. The number of nitro benzene ring substituents is 1. The van der Waals surface area contributed by atoms with Gasteiger partial charge < -0.3 is 14.7 Å². The highest BCUT2D eigenvalue weighted by Crippen LogP contribution is 2.24. The van der Waals surface area contributed by atoms with Crippen LogP contribution in [0.5, 0.6) is 5.75 Å². The maximum Gasteiger partial charge on any atom is 0.329 e. The number of phenolic OH excluding ortho intramolecular Hbond substituents is 1. The molecule has 27 heavy (non-hydrogen) atoms. The molecule has 8 heteroatoms. The lowest BCUT2D eigenvalue weighted by atomic mass is 10.1. The molecule has 1 saturated heterocycles. The highest BCUT2D eigenvalue weighted by molar-refractivity contribution is 5.88. The van der Waals surface area contributed by atoms with Crippen LogP contribution in [0.3, 0.4) is 0 Å². The Bertz CT molecular complexity index is 848. The number of esters is 1. The number of nitro groups is 1. The fraction of sp³-hybridized carbons (Fsp3) is 0.263. The van der Waals surface area contributed by atoms with Crippen LogP contribution in [-0.2, 0) is 27.5 Å². The van der Waals surface area contributed by atoms with E-state index in [4.69, 9.17) is 4.74 Å². The minimum atomic E-state index is -0.676. The molecule has 1 amide bonds. The molecule has 0 aromatic heterocycles. The second-order valence-corrected chi connectivity index (χ2v) is 6.27. The van der Waals surface area contributed by atoms with E-state index in [9.17, 15) is 24.8 Å². The second kappa shape index (κ2) is 7.86. The lowest BCUT2D eigenvalue weighted by Gasteiger charge is -2.23. The Labute approximate surface area is 155 Å². The number of phenols is 1. The van der Waals surface area contributed by atoms with E-state index in [1.54, 1.807) is 24.3 Å². The number of hydrogen-bond donors (Lipinski definition) is 1. The van der Waals surface area contributed by atoms with Gasteiger partial charge in [0.25, 0.3) is 5.69 Å². The average molecular weight is 370 g/mol. The number of benzene rings is 2. The maximum atomic E-state index is 12.4. The SMILES string of the molecule is O=C(OCc1ccc(O)cc1)[C@@H]1CCC(=O)N1Cc1ccc([N+](=O)[O-])cc1. The molecule has 1 N–H and O–H groups in total. The molecular weight excluding hydrogens is 352 g/mol. The number of hydrogen-bond acceptors (Lipinski definition) is 6. The highest BCUT2D eigenvalue weighted by Gasteiger charge is 2.37. The van der Waals surface area contributed by atoms with E-state index in [0.717, 1.165) is 5.56 Å². The number of rotatable bonds is 6. The molecule has 3 rings (SSSR count). The number of ether oxygens (including phenoxy) is 1. The molecule has 0 spiro atoms. The molecule has 2 aromatic carbocycles. The molecular formula is C19H18N2O6. The topological polar surface area (TPSA) is 110 Å². The highest BCUT2D eigenvalue weighted by atomic mass is 16.6. The summed E-state index contributed by atoms with van der Waals surface area (Å²) in [6.07, 6.45) is 0.631. The van der Waals surface area contributed by atoms with Crippen LogP contribution in [0.1, 0.15) is 24.0 Å². The molecule has 0 radical (unpaired) electrons. The van der Waals surface area contributed by atoms with Gasteiger partial charge in [0, 0.05) is 25.1 Å². The minimum absolute atomic E-state index is 0.0312. The van der Waals surface area contributed by atoms with Gasteiger partial charge in [0.05, 0.1) is 4.92 Å². The van der Waals surface area contributed by atoms with Crippen LogP contribution in [-0.4, -0.2) is 32.8 Å². The first-order valence-corrected chi connectivity index (χ1v) is 8.41. The third kappa shape index (κ3) is 4.41. The van der Waals surface area contributed by atoms with Gasteiger partial charge in [-0.25, -0.2) is 4.79 Å². The minimum Gasteiger partial charge on any atom is -0.508 e. The Morgan fingerprint density at radius 2 is 1.78 bits per heavy atom. The number of carbonyl (C=O) groups excluding carboxylic acids is 2. The summed E-state index contributed by atoms with van der Waals surface area (Å²) in [6, 6.07) is 11.5. The number of amides is 1. The maximum absolute atomic E-state index is 12.4. The van der Waals surface area contributed by atoms with Crippen molar-refractivity contribution in [2.24, 2.45) is 0 Å². The van der Waals surface area contributed by atoms with Gasteiger partial charge in [-0.2, -0.15) is 0 Å². The molecule has 0 saturated carbocycles. The lowest BCUT2D eigenvalue weighted by Crippen LogP contribution is -2.39. The summed E-state index contributed by atoms with van der Waals surface area (Å²) in [5.41, 5.74) is 1.40. The predicted octanol–water partition coefficient (Wildman–Crippen LogP) is 2.53. The Kier molecular flexibility index (Phi) is 5.35. The van der Waals surface area contributed by atoms with Crippen LogP contribution in [0.4, 0.5) is 5.69 Å². The zero-order valence-corrected chi connectivity index (χ0v) is 14.4. The van der Waals surface area contributed by atoms with Crippen LogP contribution in [0.2, 0.25) is 0 Å². The molecule has 8 nitrogen and oxygen atoms in total. The van der Waals surface area contributed by atoms with Gasteiger partial charge in [-0.15, -0.1) is 0 Å². The first-order chi connectivity index (χ1) is 12.9. The fourth-order valence-corrected chi connectivity index (χ4v) is 2.94. The smallest absolute Gasteiger partial charge is 0.329 e. The van der Waals surface area contributed by atoms with E-state index in [0.29, 0.717) is 12.0 Å². The van der Waals surface area contributed by atoms with E-state index in [1.165, 1.54) is 29.2 Å². The van der Waals surface area contributed by atoms with Gasteiger partial charge >= 0.3 is 5.97 Å². The standard InChI is InChI=1S/C19H18N2O6/c22-16-7-3-14(4-8-16)12-27-19(24)17-9-10-18(23)20(17)11-13-1-5-15(6-2-13)21(25)26/h1-8,17,22H,9-12H2/t17-/m0/s1. The molecule has 140 valence electrons. The van der Waals surface area contributed by atoms with Crippen LogP contribution in [0.25, 0.3) is 0 Å². The third-order valence-electron chi connectivity index (χ3n) is 4.42. The summed E-state index contributed by atoms with van der Waals surface area (Å²) < 4.78 is 5.31. The molecule has 0 aliphatic carbocycles. The van der Waals surface area contributed by atoms with Crippen molar-refractivity contribution >= 4 is 17.6 Å². The van der Waals surface area contributed by atoms with E-state index in [2.05, 4.69) is 0 Å². The summed E-state index contributed by atoms with van der Waals surface area (Å²) in [5, 5.41) is 20.0. The van der Waals surface area contributed by atoms with Gasteiger partial charge in [-0.3, -0.25) is 14.9 Å². The van der Waals surface area contributed by atoms with Crippen molar-refractivity contribution in [3.05, 3.63) is 69.8 Å². The van der Waals surface area contributed by atoms with E-state index in [1.807, 2.05) is 0 Å². The Morgan fingerprint density at radius 3 is 2.41 bits per heavy atom. The van der Waals surface area contributed by atoms with Gasteiger partial charge in [0.1, 0.15) is 18.4 Å². The average Bonchev–Trinajstić information content (AvgIpc) is 3.02. The third-order valence-corrected chi connectivity index (χ3v) is 4.42. The van der Waals surface area contributed by atoms with Crippen molar-refractivity contribution in [1.29, 1.82) is 0 Å². The van der Waals surface area contributed by atoms with Crippen LogP contribution in [0.15, 0.2) is 48.5 Å². The van der Waals surface area contributed by atoms with E-state index < -0.39 is 16.9 Å². The fourth-order valence-electron chi connectivity index (χ4n) is 2.94. The first kappa shape index (κ1) is 18.4. The molecule has 1 fully saturated rings. The van der Waals surface area contributed by atoms with E-state index >= 15 is 0 Å². The summed E-state index contributed by atoms with van der Waals surface area (Å²) in [5.74, 6) is -0.517.